The van der Waals surface area contributed by atoms with Crippen LogP contribution < -0.4 is 11.1 Å². The second kappa shape index (κ2) is 6.00. The molecule has 0 aliphatic heterocycles. The molecule has 0 saturated carbocycles. The summed E-state index contributed by atoms with van der Waals surface area (Å²) in [6.45, 7) is 1.40. The van der Waals surface area contributed by atoms with Crippen LogP contribution in [0.3, 0.4) is 0 Å². The number of nitrogens with one attached hydrogen (secondary N) is 1. The Kier molecular flexibility index (Phi) is 4.66. The van der Waals surface area contributed by atoms with Crippen molar-refractivity contribution in [3.8, 4) is 0 Å². The molecule has 92 valence electrons. The highest BCUT2D eigenvalue weighted by molar-refractivity contribution is 5.86. The van der Waals surface area contributed by atoms with Gasteiger partial charge < -0.3 is 16.2 Å². The highest BCUT2D eigenvalue weighted by Gasteiger charge is 2.19. The van der Waals surface area contributed by atoms with Crippen LogP contribution in [0, 0.1) is 0 Å². The predicted molar refractivity (Wildman–Crippen MR) is 63.4 cm³/mol. The van der Waals surface area contributed by atoms with Gasteiger partial charge in [0, 0.05) is 0 Å². The van der Waals surface area contributed by atoms with Crippen molar-refractivity contribution in [2.45, 2.75) is 25.4 Å². The third-order valence-electron chi connectivity index (χ3n) is 2.36. The summed E-state index contributed by atoms with van der Waals surface area (Å²) >= 11 is 0. The maximum Gasteiger partial charge on any atom is 0.325 e. The lowest BCUT2D eigenvalue weighted by Gasteiger charge is -2.14. The molecule has 0 bridgehead atoms. The number of carbonyl (C=O) groups excluding carboxylic acids is 1. The van der Waals surface area contributed by atoms with Gasteiger partial charge in [-0.05, 0) is 18.9 Å². The average molecular weight is 236 g/mol. The van der Waals surface area contributed by atoms with Crippen LogP contribution in [0.1, 0.15) is 12.5 Å². The zero-order valence-corrected chi connectivity index (χ0v) is 9.59. The van der Waals surface area contributed by atoms with Gasteiger partial charge in [-0.15, -0.1) is 0 Å². The molecule has 5 heteroatoms. The minimum Gasteiger partial charge on any atom is -0.480 e. The highest BCUT2D eigenvalue weighted by Crippen LogP contribution is 2.02. The van der Waals surface area contributed by atoms with E-state index < -0.39 is 24.0 Å². The second-order valence-electron chi connectivity index (χ2n) is 3.86. The van der Waals surface area contributed by atoms with Gasteiger partial charge in [-0.25, -0.2) is 0 Å². The highest BCUT2D eigenvalue weighted by atomic mass is 16.4. The number of hydrogen-bond acceptors (Lipinski definition) is 3. The Morgan fingerprint density at radius 2 is 1.94 bits per heavy atom. The molecule has 0 aliphatic carbocycles. The van der Waals surface area contributed by atoms with Gasteiger partial charge in [-0.1, -0.05) is 30.3 Å². The molecule has 0 heterocycles. The van der Waals surface area contributed by atoms with E-state index in [1.54, 1.807) is 0 Å². The first-order valence-electron chi connectivity index (χ1n) is 5.33. The first kappa shape index (κ1) is 13.2. The standard InChI is InChI=1S/C12H16N2O3/c1-8(12(16)17)14-11(15)10(13)7-9-5-3-2-4-6-9/h2-6,8,10H,7,13H2,1H3,(H,14,15)(H,16,17)/t8?,10-/m1/s1. The van der Waals surface area contributed by atoms with Crippen molar-refractivity contribution in [1.29, 1.82) is 0 Å². The smallest absolute Gasteiger partial charge is 0.325 e. The topological polar surface area (TPSA) is 92.4 Å². The van der Waals surface area contributed by atoms with Gasteiger partial charge >= 0.3 is 5.97 Å². The molecule has 1 unspecified atom stereocenters. The molecule has 4 N–H and O–H groups in total. The minimum absolute atomic E-state index is 0.388. The molecule has 0 fully saturated rings. The lowest BCUT2D eigenvalue weighted by molar-refractivity contribution is -0.141. The molecular weight excluding hydrogens is 220 g/mol. The van der Waals surface area contributed by atoms with E-state index in [0.29, 0.717) is 6.42 Å². The number of aliphatic carboxylic acids is 1. The average Bonchev–Trinajstić information content (AvgIpc) is 2.29. The zero-order valence-electron chi connectivity index (χ0n) is 9.59. The zero-order chi connectivity index (χ0) is 12.8. The molecule has 1 aromatic rings. The van der Waals surface area contributed by atoms with Crippen LogP contribution in [-0.2, 0) is 16.0 Å². The van der Waals surface area contributed by atoms with E-state index in [-0.39, 0.29) is 0 Å². The van der Waals surface area contributed by atoms with Crippen molar-refractivity contribution in [1.82, 2.24) is 5.32 Å². The van der Waals surface area contributed by atoms with Crippen molar-refractivity contribution in [2.24, 2.45) is 5.73 Å². The van der Waals surface area contributed by atoms with Crippen molar-refractivity contribution < 1.29 is 14.7 Å². The van der Waals surface area contributed by atoms with Crippen LogP contribution in [0.2, 0.25) is 0 Å². The summed E-state index contributed by atoms with van der Waals surface area (Å²) in [7, 11) is 0. The van der Waals surface area contributed by atoms with Gasteiger partial charge in [-0.3, -0.25) is 9.59 Å². The SMILES string of the molecule is CC(NC(=O)[C@H](N)Cc1ccccc1)C(=O)O. The van der Waals surface area contributed by atoms with Crippen LogP contribution in [-0.4, -0.2) is 29.1 Å². The van der Waals surface area contributed by atoms with Crippen LogP contribution in [0.15, 0.2) is 30.3 Å². The summed E-state index contributed by atoms with van der Waals surface area (Å²) in [5.74, 6) is -1.53. The van der Waals surface area contributed by atoms with E-state index in [1.807, 2.05) is 30.3 Å². The number of amides is 1. The number of benzene rings is 1. The maximum atomic E-state index is 11.6. The molecule has 0 spiro atoms. The molecule has 5 nitrogen and oxygen atoms in total. The Balaban J connectivity index is 2.50. The number of carboxylic acid groups (broad SMARTS) is 1. The number of hydrogen-bond donors (Lipinski definition) is 3. The fourth-order valence-electron chi connectivity index (χ4n) is 1.34. The van der Waals surface area contributed by atoms with Crippen LogP contribution >= 0.6 is 0 Å². The number of rotatable bonds is 5. The molecule has 2 atom stereocenters. The van der Waals surface area contributed by atoms with Crippen molar-refractivity contribution in [3.63, 3.8) is 0 Å². The molecule has 0 radical (unpaired) electrons. The van der Waals surface area contributed by atoms with Gasteiger partial charge in [0.25, 0.3) is 0 Å². The van der Waals surface area contributed by atoms with Crippen LogP contribution in [0.25, 0.3) is 0 Å². The lowest BCUT2D eigenvalue weighted by atomic mass is 10.1. The second-order valence-corrected chi connectivity index (χ2v) is 3.86. The first-order valence-corrected chi connectivity index (χ1v) is 5.33. The number of nitrogens with two attached hydrogens (primary N) is 1. The molecule has 1 aromatic carbocycles. The molecule has 1 amide bonds. The van der Waals surface area contributed by atoms with E-state index >= 15 is 0 Å². The summed E-state index contributed by atoms with van der Waals surface area (Å²) in [4.78, 5) is 22.1. The quantitative estimate of drug-likeness (QED) is 0.678. The Hall–Kier alpha value is -1.88. The Morgan fingerprint density at radius 3 is 2.47 bits per heavy atom. The van der Waals surface area contributed by atoms with E-state index in [4.69, 9.17) is 10.8 Å². The predicted octanol–water partition coefficient (Wildman–Crippen LogP) is 0.146. The van der Waals surface area contributed by atoms with E-state index in [0.717, 1.165) is 5.56 Å². The van der Waals surface area contributed by atoms with E-state index in [1.165, 1.54) is 6.92 Å². The lowest BCUT2D eigenvalue weighted by Crippen LogP contribution is -2.47. The third-order valence-corrected chi connectivity index (χ3v) is 2.36. The Bertz CT molecular complexity index is 392. The van der Waals surface area contributed by atoms with Gasteiger partial charge in [0.05, 0.1) is 6.04 Å². The molecule has 0 saturated heterocycles. The van der Waals surface area contributed by atoms with Crippen molar-refractivity contribution in [2.75, 3.05) is 0 Å². The molecule has 17 heavy (non-hydrogen) atoms. The molecular formula is C12H16N2O3. The minimum atomic E-state index is -1.08. The fourth-order valence-corrected chi connectivity index (χ4v) is 1.34. The van der Waals surface area contributed by atoms with Gasteiger partial charge in [0.2, 0.25) is 5.91 Å². The van der Waals surface area contributed by atoms with Gasteiger partial charge in [-0.2, -0.15) is 0 Å². The molecule has 1 rings (SSSR count). The van der Waals surface area contributed by atoms with Gasteiger partial charge in [0.1, 0.15) is 6.04 Å². The molecule has 0 aliphatic rings. The van der Waals surface area contributed by atoms with Crippen molar-refractivity contribution >= 4 is 11.9 Å². The number of carboxylic acids is 1. The van der Waals surface area contributed by atoms with E-state index in [9.17, 15) is 9.59 Å². The van der Waals surface area contributed by atoms with Crippen LogP contribution in [0.4, 0.5) is 0 Å². The maximum absolute atomic E-state index is 11.6. The largest absolute Gasteiger partial charge is 0.480 e. The third kappa shape index (κ3) is 4.24. The fraction of sp³-hybridized carbons (Fsp3) is 0.333. The summed E-state index contributed by atoms with van der Waals surface area (Å²) < 4.78 is 0. The summed E-state index contributed by atoms with van der Waals surface area (Å²) in [5, 5.41) is 11.0. The summed E-state index contributed by atoms with van der Waals surface area (Å²) in [6, 6.07) is 7.67. The first-order chi connectivity index (χ1) is 8.00. The van der Waals surface area contributed by atoms with E-state index in [2.05, 4.69) is 5.32 Å². The monoisotopic (exact) mass is 236 g/mol. The molecule has 0 aromatic heterocycles. The van der Waals surface area contributed by atoms with Gasteiger partial charge in [0.15, 0.2) is 0 Å². The number of carbonyl (C=O) groups is 2. The summed E-state index contributed by atoms with van der Waals surface area (Å²) in [6.07, 6.45) is 0.388. The Morgan fingerprint density at radius 1 is 1.35 bits per heavy atom. The normalized spacial score (nSPS) is 13.8. The van der Waals surface area contributed by atoms with Crippen molar-refractivity contribution in [3.05, 3.63) is 35.9 Å². The summed E-state index contributed by atoms with van der Waals surface area (Å²) in [5.41, 5.74) is 6.64. The van der Waals surface area contributed by atoms with Crippen LogP contribution in [0.5, 0.6) is 0 Å². The Labute approximate surface area is 99.6 Å².